The van der Waals surface area contributed by atoms with Crippen LogP contribution in [0.25, 0.3) is 0 Å². The van der Waals surface area contributed by atoms with Crippen molar-refractivity contribution in [3.8, 4) is 5.75 Å². The fourth-order valence-electron chi connectivity index (χ4n) is 1.85. The second-order valence-corrected chi connectivity index (χ2v) is 5.91. The number of pyridine rings is 1. The molecular weight excluding hydrogens is 394 g/mol. The van der Waals surface area contributed by atoms with Crippen molar-refractivity contribution in [1.29, 1.82) is 0 Å². The highest BCUT2D eigenvalue weighted by atomic mass is 35.5. The van der Waals surface area contributed by atoms with Gasteiger partial charge < -0.3 is 15.4 Å². The highest BCUT2D eigenvalue weighted by molar-refractivity contribution is 6.35. The number of alkyl halides is 3. The van der Waals surface area contributed by atoms with E-state index >= 15 is 0 Å². The van der Waals surface area contributed by atoms with Gasteiger partial charge in [-0.3, -0.25) is 4.79 Å². The number of rotatable bonds is 7. The minimum absolute atomic E-state index is 0.235. The van der Waals surface area contributed by atoms with Gasteiger partial charge in [0.15, 0.2) is 6.61 Å². The number of nitrogens with one attached hydrogen (secondary N) is 2. The Bertz CT molecular complexity index is 755. The molecule has 10 heteroatoms. The molecule has 140 valence electrons. The molecule has 5 nitrogen and oxygen atoms in total. The number of amides is 1. The van der Waals surface area contributed by atoms with Gasteiger partial charge in [-0.2, -0.15) is 13.2 Å². The number of halogens is 5. The van der Waals surface area contributed by atoms with Crippen molar-refractivity contribution >= 4 is 34.9 Å². The Morgan fingerprint density at radius 1 is 1.15 bits per heavy atom. The minimum atomic E-state index is -4.42. The predicted molar refractivity (Wildman–Crippen MR) is 92.7 cm³/mol. The molecule has 0 fully saturated rings. The Labute approximate surface area is 157 Å². The zero-order valence-electron chi connectivity index (χ0n) is 13.2. The van der Waals surface area contributed by atoms with Gasteiger partial charge in [0.25, 0.3) is 5.91 Å². The van der Waals surface area contributed by atoms with E-state index in [-0.39, 0.29) is 31.4 Å². The molecule has 0 unspecified atom stereocenters. The normalized spacial score (nSPS) is 11.1. The summed E-state index contributed by atoms with van der Waals surface area (Å²) in [5.74, 6) is 0.230. The lowest BCUT2D eigenvalue weighted by molar-refractivity contribution is -0.137. The van der Waals surface area contributed by atoms with Crippen LogP contribution in [0.2, 0.25) is 10.0 Å². The zero-order valence-corrected chi connectivity index (χ0v) is 14.8. The van der Waals surface area contributed by atoms with Crippen LogP contribution < -0.4 is 15.4 Å². The summed E-state index contributed by atoms with van der Waals surface area (Å²) in [4.78, 5) is 15.3. The molecule has 0 aliphatic carbocycles. The van der Waals surface area contributed by atoms with E-state index in [9.17, 15) is 18.0 Å². The summed E-state index contributed by atoms with van der Waals surface area (Å²) in [6.45, 7) is 0.283. The van der Waals surface area contributed by atoms with Gasteiger partial charge in [0.05, 0.1) is 10.6 Å². The molecule has 0 radical (unpaired) electrons. The molecule has 1 heterocycles. The minimum Gasteiger partial charge on any atom is -0.482 e. The average Bonchev–Trinajstić information content (AvgIpc) is 2.57. The van der Waals surface area contributed by atoms with Crippen molar-refractivity contribution in [3.05, 3.63) is 52.1 Å². The Morgan fingerprint density at radius 3 is 2.54 bits per heavy atom. The molecule has 0 spiro atoms. The van der Waals surface area contributed by atoms with Crippen LogP contribution in [0.15, 0.2) is 36.5 Å². The number of carbonyl (C=O) groups excluding carboxylic acids is 1. The largest absolute Gasteiger partial charge is 0.482 e. The highest BCUT2D eigenvalue weighted by Crippen LogP contribution is 2.29. The summed E-state index contributed by atoms with van der Waals surface area (Å²) in [7, 11) is 0. The highest BCUT2D eigenvalue weighted by Gasteiger charge is 2.30. The molecule has 1 amide bonds. The zero-order chi connectivity index (χ0) is 19.2. The van der Waals surface area contributed by atoms with E-state index in [1.807, 2.05) is 0 Å². The maximum Gasteiger partial charge on any atom is 0.417 e. The number of hydrogen-bond donors (Lipinski definition) is 2. The molecule has 0 bridgehead atoms. The maximum atomic E-state index is 12.4. The fraction of sp³-hybridized carbons (Fsp3) is 0.250. The number of benzene rings is 1. The first-order valence-electron chi connectivity index (χ1n) is 7.37. The van der Waals surface area contributed by atoms with Crippen LogP contribution in [0.1, 0.15) is 5.56 Å². The van der Waals surface area contributed by atoms with E-state index in [1.165, 1.54) is 12.1 Å². The number of aromatic nitrogens is 1. The number of ether oxygens (including phenoxy) is 1. The first kappa shape index (κ1) is 20.1. The van der Waals surface area contributed by atoms with Crippen LogP contribution in [0, 0.1) is 0 Å². The molecule has 0 saturated heterocycles. The molecule has 0 atom stereocenters. The van der Waals surface area contributed by atoms with Gasteiger partial charge in [-0.1, -0.05) is 23.2 Å². The fourth-order valence-corrected chi connectivity index (χ4v) is 2.31. The number of hydrogen-bond acceptors (Lipinski definition) is 4. The molecule has 2 N–H and O–H groups in total. The van der Waals surface area contributed by atoms with Crippen molar-refractivity contribution in [3.63, 3.8) is 0 Å². The predicted octanol–water partition coefficient (Wildman–Crippen LogP) is 4.01. The number of carbonyl (C=O) groups is 1. The van der Waals surface area contributed by atoms with Gasteiger partial charge in [-0.25, -0.2) is 4.98 Å². The molecular formula is C16H14Cl2F3N3O2. The van der Waals surface area contributed by atoms with Gasteiger partial charge in [0.1, 0.15) is 11.6 Å². The van der Waals surface area contributed by atoms with Gasteiger partial charge in [-0.05, 0) is 30.3 Å². The third kappa shape index (κ3) is 6.27. The molecule has 0 aliphatic rings. The van der Waals surface area contributed by atoms with Crippen LogP contribution in [0.4, 0.5) is 19.0 Å². The number of anilines is 1. The summed E-state index contributed by atoms with van der Waals surface area (Å²) < 4.78 is 42.5. The number of nitrogens with zero attached hydrogens (tertiary/aromatic N) is 1. The van der Waals surface area contributed by atoms with Crippen molar-refractivity contribution in [2.45, 2.75) is 6.18 Å². The van der Waals surface area contributed by atoms with Crippen molar-refractivity contribution in [1.82, 2.24) is 10.3 Å². The quantitative estimate of drug-likeness (QED) is 0.680. The van der Waals surface area contributed by atoms with E-state index in [4.69, 9.17) is 27.9 Å². The topological polar surface area (TPSA) is 63.2 Å². The summed E-state index contributed by atoms with van der Waals surface area (Å²) in [5.41, 5.74) is -0.825. The molecule has 0 saturated carbocycles. The standard InChI is InChI=1S/C16H14Cl2F3N3O2/c17-11-2-3-13(12(18)7-11)26-9-15(25)23-6-5-22-14-4-1-10(8-24-14)16(19,20)21/h1-4,7-8H,5-6,9H2,(H,22,24)(H,23,25). The van der Waals surface area contributed by atoms with Crippen LogP contribution in [-0.2, 0) is 11.0 Å². The molecule has 1 aromatic carbocycles. The summed E-state index contributed by atoms with van der Waals surface area (Å²) in [6.07, 6.45) is -3.68. The van der Waals surface area contributed by atoms with Crippen molar-refractivity contribution in [2.24, 2.45) is 0 Å². The van der Waals surface area contributed by atoms with Crippen molar-refractivity contribution in [2.75, 3.05) is 25.0 Å². The van der Waals surface area contributed by atoms with E-state index in [0.717, 1.165) is 12.3 Å². The summed E-state index contributed by atoms with van der Waals surface area (Å²) >= 11 is 11.7. The maximum absolute atomic E-state index is 12.4. The lowest BCUT2D eigenvalue weighted by atomic mass is 10.3. The monoisotopic (exact) mass is 407 g/mol. The smallest absolute Gasteiger partial charge is 0.417 e. The van der Waals surface area contributed by atoms with E-state index in [0.29, 0.717) is 15.8 Å². The molecule has 2 aromatic rings. The van der Waals surface area contributed by atoms with Gasteiger partial charge in [0.2, 0.25) is 0 Å². The Kier molecular flexibility index (Phi) is 6.93. The molecule has 26 heavy (non-hydrogen) atoms. The average molecular weight is 408 g/mol. The third-order valence-corrected chi connectivity index (χ3v) is 3.63. The second kappa shape index (κ2) is 8.95. The van der Waals surface area contributed by atoms with Crippen LogP contribution >= 0.6 is 23.2 Å². The van der Waals surface area contributed by atoms with Crippen LogP contribution in [0.5, 0.6) is 5.75 Å². The SMILES string of the molecule is O=C(COc1ccc(Cl)cc1Cl)NCCNc1ccc(C(F)(F)F)cn1. The van der Waals surface area contributed by atoms with Gasteiger partial charge >= 0.3 is 6.18 Å². The molecule has 0 aliphatic heterocycles. The summed E-state index contributed by atoms with van der Waals surface area (Å²) in [6, 6.07) is 6.78. The van der Waals surface area contributed by atoms with E-state index in [1.54, 1.807) is 12.1 Å². The molecule has 1 aromatic heterocycles. The third-order valence-electron chi connectivity index (χ3n) is 3.10. The van der Waals surface area contributed by atoms with Gasteiger partial charge in [-0.15, -0.1) is 0 Å². The lowest BCUT2D eigenvalue weighted by Gasteiger charge is -2.10. The Morgan fingerprint density at radius 2 is 1.92 bits per heavy atom. The van der Waals surface area contributed by atoms with Gasteiger partial charge in [0, 0.05) is 24.3 Å². The second-order valence-electron chi connectivity index (χ2n) is 5.07. The van der Waals surface area contributed by atoms with Crippen molar-refractivity contribution < 1.29 is 22.7 Å². The summed E-state index contributed by atoms with van der Waals surface area (Å²) in [5, 5.41) is 6.13. The lowest BCUT2D eigenvalue weighted by Crippen LogP contribution is -2.32. The van der Waals surface area contributed by atoms with E-state index < -0.39 is 11.7 Å². The Hall–Kier alpha value is -2.19. The molecule has 2 rings (SSSR count). The Balaban J connectivity index is 1.68. The van der Waals surface area contributed by atoms with E-state index in [2.05, 4.69) is 15.6 Å². The first-order valence-corrected chi connectivity index (χ1v) is 8.13. The van der Waals surface area contributed by atoms with Crippen LogP contribution in [-0.4, -0.2) is 30.6 Å². The van der Waals surface area contributed by atoms with Crippen LogP contribution in [0.3, 0.4) is 0 Å². The first-order chi connectivity index (χ1) is 12.3.